The summed E-state index contributed by atoms with van der Waals surface area (Å²) in [7, 11) is 0. The standard InChI is InChI=1S/C14H22N4O/c1-2-7-18-13(9-15-17-18)14(19)12-8-10-5-3-4-6-11(10)16-12/h9-12,16H,2-8H2,1H3. The zero-order chi connectivity index (χ0) is 13.2. The van der Waals surface area contributed by atoms with Crippen LogP contribution in [-0.2, 0) is 6.54 Å². The molecule has 0 amide bonds. The Morgan fingerprint density at radius 1 is 1.47 bits per heavy atom. The number of Topliss-reactive ketones (excluding diaryl/α,β-unsaturated/α-hetero) is 1. The van der Waals surface area contributed by atoms with Crippen LogP contribution in [0, 0.1) is 5.92 Å². The molecule has 2 heterocycles. The SMILES string of the molecule is CCCn1nncc1C(=O)C1CC2CCCCC2N1. The number of fused-ring (bicyclic) bond motifs is 1. The van der Waals surface area contributed by atoms with Crippen molar-refractivity contribution in [2.24, 2.45) is 5.92 Å². The first-order chi connectivity index (χ1) is 9.29. The zero-order valence-electron chi connectivity index (χ0n) is 11.5. The van der Waals surface area contributed by atoms with E-state index in [1.54, 1.807) is 10.9 Å². The lowest BCUT2D eigenvalue weighted by Gasteiger charge is -2.24. The van der Waals surface area contributed by atoms with E-state index in [0.717, 1.165) is 19.4 Å². The van der Waals surface area contributed by atoms with Crippen molar-refractivity contribution in [3.8, 4) is 0 Å². The van der Waals surface area contributed by atoms with E-state index < -0.39 is 0 Å². The Hall–Kier alpha value is -1.23. The molecule has 1 aliphatic carbocycles. The number of ketones is 1. The molecule has 1 saturated heterocycles. The first kappa shape index (κ1) is 12.8. The summed E-state index contributed by atoms with van der Waals surface area (Å²) in [5.74, 6) is 0.867. The third-order valence-corrected chi connectivity index (χ3v) is 4.48. The van der Waals surface area contributed by atoms with Crippen LogP contribution in [0.25, 0.3) is 0 Å². The maximum Gasteiger partial charge on any atom is 0.199 e. The molecule has 1 aromatic rings. The van der Waals surface area contributed by atoms with Gasteiger partial charge in [0, 0.05) is 12.6 Å². The molecule has 19 heavy (non-hydrogen) atoms. The van der Waals surface area contributed by atoms with Crippen LogP contribution in [0.1, 0.15) is 55.9 Å². The lowest BCUT2D eigenvalue weighted by Crippen LogP contribution is -2.37. The average molecular weight is 262 g/mol. The maximum absolute atomic E-state index is 12.6. The van der Waals surface area contributed by atoms with Gasteiger partial charge in [0.05, 0.1) is 12.2 Å². The predicted octanol–water partition coefficient (Wildman–Crippen LogP) is 1.79. The monoisotopic (exact) mass is 262 g/mol. The molecule has 3 rings (SSSR count). The summed E-state index contributed by atoms with van der Waals surface area (Å²) < 4.78 is 1.74. The van der Waals surface area contributed by atoms with E-state index in [-0.39, 0.29) is 11.8 Å². The van der Waals surface area contributed by atoms with E-state index in [2.05, 4.69) is 22.6 Å². The van der Waals surface area contributed by atoms with E-state index in [1.807, 2.05) is 0 Å². The van der Waals surface area contributed by atoms with Crippen LogP contribution < -0.4 is 5.32 Å². The Morgan fingerprint density at radius 2 is 2.32 bits per heavy atom. The van der Waals surface area contributed by atoms with Crippen molar-refractivity contribution in [2.75, 3.05) is 0 Å². The van der Waals surface area contributed by atoms with Gasteiger partial charge >= 0.3 is 0 Å². The van der Waals surface area contributed by atoms with Gasteiger partial charge in [-0.15, -0.1) is 5.10 Å². The van der Waals surface area contributed by atoms with Gasteiger partial charge < -0.3 is 5.32 Å². The topological polar surface area (TPSA) is 59.8 Å². The first-order valence-electron chi connectivity index (χ1n) is 7.48. The van der Waals surface area contributed by atoms with Crippen LogP contribution in [0.4, 0.5) is 0 Å². The average Bonchev–Trinajstić information content (AvgIpc) is 3.04. The minimum Gasteiger partial charge on any atom is -0.304 e. The van der Waals surface area contributed by atoms with Gasteiger partial charge in [0.25, 0.3) is 0 Å². The Kier molecular flexibility index (Phi) is 3.64. The number of hydrogen-bond donors (Lipinski definition) is 1. The highest BCUT2D eigenvalue weighted by molar-refractivity contribution is 5.98. The highest BCUT2D eigenvalue weighted by Gasteiger charge is 2.39. The fourth-order valence-electron chi connectivity index (χ4n) is 3.53. The minimum atomic E-state index is -0.0257. The quantitative estimate of drug-likeness (QED) is 0.840. The molecule has 1 N–H and O–H groups in total. The number of carbonyl (C=O) groups excluding carboxylic acids is 1. The number of carbonyl (C=O) groups is 1. The molecular formula is C14H22N4O. The molecule has 0 radical (unpaired) electrons. The van der Waals surface area contributed by atoms with Crippen LogP contribution in [0.2, 0.25) is 0 Å². The molecule has 5 heteroatoms. The van der Waals surface area contributed by atoms with Crippen molar-refractivity contribution < 1.29 is 4.79 Å². The van der Waals surface area contributed by atoms with Gasteiger partial charge in [-0.1, -0.05) is 25.0 Å². The van der Waals surface area contributed by atoms with Crippen LogP contribution >= 0.6 is 0 Å². The van der Waals surface area contributed by atoms with Crippen molar-refractivity contribution in [2.45, 2.75) is 64.1 Å². The number of rotatable bonds is 4. The van der Waals surface area contributed by atoms with E-state index in [4.69, 9.17) is 0 Å². The molecule has 0 bridgehead atoms. The van der Waals surface area contributed by atoms with Gasteiger partial charge in [0.15, 0.2) is 5.78 Å². The van der Waals surface area contributed by atoms with Crippen LogP contribution in [-0.4, -0.2) is 32.9 Å². The summed E-state index contributed by atoms with van der Waals surface area (Å²) in [6.07, 6.45) is 8.67. The smallest absolute Gasteiger partial charge is 0.199 e. The molecule has 0 spiro atoms. The molecule has 1 saturated carbocycles. The molecule has 3 atom stereocenters. The van der Waals surface area contributed by atoms with Crippen LogP contribution in [0.3, 0.4) is 0 Å². The number of aryl methyl sites for hydroxylation is 1. The minimum absolute atomic E-state index is 0.0257. The van der Waals surface area contributed by atoms with Gasteiger partial charge in [0.2, 0.25) is 0 Å². The summed E-state index contributed by atoms with van der Waals surface area (Å²) in [6.45, 7) is 2.85. The normalized spacial score (nSPS) is 30.3. The van der Waals surface area contributed by atoms with Crippen molar-refractivity contribution in [3.63, 3.8) is 0 Å². The molecule has 0 aromatic carbocycles. The molecule has 104 valence electrons. The highest BCUT2D eigenvalue weighted by atomic mass is 16.1. The van der Waals surface area contributed by atoms with Crippen LogP contribution in [0.5, 0.6) is 0 Å². The van der Waals surface area contributed by atoms with Gasteiger partial charge in [-0.2, -0.15) is 0 Å². The largest absolute Gasteiger partial charge is 0.304 e. The second-order valence-corrected chi connectivity index (χ2v) is 5.81. The predicted molar refractivity (Wildman–Crippen MR) is 71.9 cm³/mol. The maximum atomic E-state index is 12.6. The number of nitrogens with one attached hydrogen (secondary N) is 1. The van der Waals surface area contributed by atoms with Gasteiger partial charge in [-0.3, -0.25) is 4.79 Å². The van der Waals surface area contributed by atoms with Crippen molar-refractivity contribution in [1.82, 2.24) is 20.3 Å². The fraction of sp³-hybridized carbons (Fsp3) is 0.786. The Morgan fingerprint density at radius 3 is 3.11 bits per heavy atom. The molecule has 2 fully saturated rings. The molecule has 2 aliphatic rings. The lowest BCUT2D eigenvalue weighted by atomic mass is 9.84. The second-order valence-electron chi connectivity index (χ2n) is 5.81. The summed E-state index contributed by atoms with van der Waals surface area (Å²) in [5, 5.41) is 11.4. The van der Waals surface area contributed by atoms with Crippen molar-refractivity contribution in [3.05, 3.63) is 11.9 Å². The second kappa shape index (κ2) is 5.41. The number of nitrogens with zero attached hydrogens (tertiary/aromatic N) is 3. The molecular weight excluding hydrogens is 240 g/mol. The first-order valence-corrected chi connectivity index (χ1v) is 7.48. The third-order valence-electron chi connectivity index (χ3n) is 4.48. The number of aromatic nitrogens is 3. The van der Waals surface area contributed by atoms with Crippen LogP contribution in [0.15, 0.2) is 6.20 Å². The lowest BCUT2D eigenvalue weighted by molar-refractivity contribution is 0.0938. The van der Waals surface area contributed by atoms with Gasteiger partial charge in [-0.05, 0) is 31.6 Å². The molecule has 1 aromatic heterocycles. The van der Waals surface area contributed by atoms with Crippen molar-refractivity contribution >= 4 is 5.78 Å². The van der Waals surface area contributed by atoms with E-state index in [9.17, 15) is 4.79 Å². The summed E-state index contributed by atoms with van der Waals surface area (Å²) in [4.78, 5) is 12.6. The Balaban J connectivity index is 1.72. The summed E-state index contributed by atoms with van der Waals surface area (Å²) in [5.41, 5.74) is 0.665. The molecule has 1 aliphatic heterocycles. The summed E-state index contributed by atoms with van der Waals surface area (Å²) >= 11 is 0. The molecule has 3 unspecified atom stereocenters. The number of hydrogen-bond acceptors (Lipinski definition) is 4. The van der Waals surface area contributed by atoms with E-state index in [1.165, 1.54) is 25.7 Å². The van der Waals surface area contributed by atoms with Gasteiger partial charge in [-0.25, -0.2) is 4.68 Å². The van der Waals surface area contributed by atoms with Crippen molar-refractivity contribution in [1.29, 1.82) is 0 Å². The van der Waals surface area contributed by atoms with E-state index >= 15 is 0 Å². The highest BCUT2D eigenvalue weighted by Crippen LogP contribution is 2.34. The Bertz CT molecular complexity index is 442. The summed E-state index contributed by atoms with van der Waals surface area (Å²) in [6, 6.07) is 0.528. The zero-order valence-corrected chi connectivity index (χ0v) is 11.5. The fourth-order valence-corrected chi connectivity index (χ4v) is 3.53. The molecule has 5 nitrogen and oxygen atoms in total. The van der Waals surface area contributed by atoms with E-state index in [0.29, 0.717) is 17.7 Å². The third kappa shape index (κ3) is 2.43. The Labute approximate surface area is 113 Å². The van der Waals surface area contributed by atoms with Gasteiger partial charge in [0.1, 0.15) is 5.69 Å².